The zero-order valence-corrected chi connectivity index (χ0v) is 18.4. The number of aliphatic hydroxyl groups excluding tert-OH is 6. The van der Waals surface area contributed by atoms with Crippen molar-refractivity contribution in [3.8, 4) is 0 Å². The molecule has 188 valence electrons. The van der Waals surface area contributed by atoms with Crippen LogP contribution in [0.4, 0.5) is 0 Å². The molecule has 7 N–H and O–H groups in total. The zero-order chi connectivity index (χ0) is 24.2. The molecule has 0 aliphatic carbocycles. The van der Waals surface area contributed by atoms with Crippen molar-refractivity contribution in [1.82, 2.24) is 0 Å². The average molecular weight is 468 g/mol. The van der Waals surface area contributed by atoms with Gasteiger partial charge in [-0.3, -0.25) is 4.79 Å². The van der Waals surface area contributed by atoms with Gasteiger partial charge in [0.15, 0.2) is 12.6 Å². The second kappa shape index (κ2) is 12.0. The molecule has 0 spiro atoms. The van der Waals surface area contributed by atoms with Crippen LogP contribution in [0.15, 0.2) is 0 Å². The van der Waals surface area contributed by atoms with Crippen LogP contribution in [0.25, 0.3) is 0 Å². The predicted molar refractivity (Wildman–Crippen MR) is 106 cm³/mol. The minimum atomic E-state index is -1.62. The van der Waals surface area contributed by atoms with Gasteiger partial charge in [-0.1, -0.05) is 20.3 Å². The molecule has 2 aliphatic rings. The summed E-state index contributed by atoms with van der Waals surface area (Å²) >= 11 is 0. The summed E-state index contributed by atoms with van der Waals surface area (Å²) in [5.74, 6) is -1.28. The summed E-state index contributed by atoms with van der Waals surface area (Å²) in [5.41, 5.74) is 0. The molecule has 0 unspecified atom stereocenters. The molecule has 0 amide bonds. The number of hydrogen-bond donors (Lipinski definition) is 7. The lowest BCUT2D eigenvalue weighted by molar-refractivity contribution is -0.324. The summed E-state index contributed by atoms with van der Waals surface area (Å²) in [6.07, 6.45) is -13.4. The topological polar surface area (TPSA) is 196 Å². The van der Waals surface area contributed by atoms with E-state index < -0.39 is 86.5 Å². The van der Waals surface area contributed by atoms with E-state index >= 15 is 0 Å². The average Bonchev–Trinajstić information content (AvgIpc) is 3.03. The molecule has 0 saturated carbocycles. The van der Waals surface area contributed by atoms with E-state index in [1.54, 1.807) is 0 Å². The fourth-order valence-corrected chi connectivity index (χ4v) is 3.80. The van der Waals surface area contributed by atoms with Gasteiger partial charge in [0.2, 0.25) is 0 Å². The number of aliphatic carboxylic acids is 1. The monoisotopic (exact) mass is 468 g/mol. The number of ether oxygens (including phenoxy) is 4. The van der Waals surface area contributed by atoms with Crippen LogP contribution >= 0.6 is 0 Å². The first-order chi connectivity index (χ1) is 15.0. The quantitative estimate of drug-likeness (QED) is 0.175. The van der Waals surface area contributed by atoms with E-state index in [0.29, 0.717) is 6.42 Å². The van der Waals surface area contributed by atoms with E-state index in [-0.39, 0.29) is 12.3 Å². The van der Waals surface area contributed by atoms with Gasteiger partial charge in [0.25, 0.3) is 0 Å². The first kappa shape index (κ1) is 27.3. The highest BCUT2D eigenvalue weighted by atomic mass is 16.8. The highest BCUT2D eigenvalue weighted by Crippen LogP contribution is 2.32. The number of aliphatic hydroxyl groups is 6. The van der Waals surface area contributed by atoms with Crippen molar-refractivity contribution in [1.29, 1.82) is 0 Å². The maximum atomic E-state index is 10.9. The van der Waals surface area contributed by atoms with Crippen LogP contribution in [0.5, 0.6) is 0 Å². The molecule has 0 bridgehead atoms. The summed E-state index contributed by atoms with van der Waals surface area (Å²) in [7, 11) is 0. The Morgan fingerprint density at radius 2 is 1.69 bits per heavy atom. The largest absolute Gasteiger partial charge is 0.481 e. The van der Waals surface area contributed by atoms with Crippen LogP contribution in [0.1, 0.15) is 40.0 Å². The third-order valence-corrected chi connectivity index (χ3v) is 6.08. The summed E-state index contributed by atoms with van der Waals surface area (Å²) < 4.78 is 22.6. The molecule has 0 aromatic carbocycles. The van der Waals surface area contributed by atoms with Crippen LogP contribution in [-0.2, 0) is 23.7 Å². The Balaban J connectivity index is 2.16. The lowest BCUT2D eigenvalue weighted by Gasteiger charge is -2.40. The maximum Gasteiger partial charge on any atom is 0.305 e. The van der Waals surface area contributed by atoms with Crippen molar-refractivity contribution in [2.24, 2.45) is 5.92 Å². The van der Waals surface area contributed by atoms with Gasteiger partial charge in [-0.15, -0.1) is 0 Å². The molecule has 2 heterocycles. The van der Waals surface area contributed by atoms with Crippen LogP contribution in [0, 0.1) is 5.92 Å². The number of carboxylic acids is 1. The molecule has 0 radical (unpaired) electrons. The van der Waals surface area contributed by atoms with E-state index in [1.807, 2.05) is 13.8 Å². The fourth-order valence-electron chi connectivity index (χ4n) is 3.80. The summed E-state index contributed by atoms with van der Waals surface area (Å²) in [6, 6.07) is 0. The van der Waals surface area contributed by atoms with E-state index in [4.69, 9.17) is 24.1 Å². The Labute approximate surface area is 186 Å². The lowest BCUT2D eigenvalue weighted by Crippen LogP contribution is -2.59. The molecule has 32 heavy (non-hydrogen) atoms. The molecule has 2 fully saturated rings. The Hall–Kier alpha value is -0.930. The fraction of sp³-hybridized carbons (Fsp3) is 0.950. The van der Waals surface area contributed by atoms with Crippen molar-refractivity contribution in [3.63, 3.8) is 0 Å². The Kier molecular flexibility index (Phi) is 10.2. The van der Waals surface area contributed by atoms with Gasteiger partial charge in [0.1, 0.15) is 36.6 Å². The van der Waals surface area contributed by atoms with Gasteiger partial charge < -0.3 is 54.7 Å². The van der Waals surface area contributed by atoms with Crippen LogP contribution < -0.4 is 0 Å². The molecule has 0 aromatic heterocycles. The lowest BCUT2D eigenvalue weighted by atomic mass is 9.95. The molecule has 12 heteroatoms. The third-order valence-electron chi connectivity index (χ3n) is 6.08. The van der Waals surface area contributed by atoms with Crippen molar-refractivity contribution in [3.05, 3.63) is 0 Å². The standard InChI is InChI=1S/C20H36O12/c1-4-8(2)11(5-10(22)6-13(23)24)30-20-18(15(26)12(7-21)31-20)32-19-17(28)16(27)14(25)9(3)29-19/h8-12,14-22,25-28H,4-7H2,1-3H3,(H,23,24)/t8-,9-,10-,11+,12-,14-,15-,16+,17+,18+,19-,20+/m0/s1. The van der Waals surface area contributed by atoms with Gasteiger partial charge in [0.05, 0.1) is 31.3 Å². The molecule has 2 saturated heterocycles. The van der Waals surface area contributed by atoms with Gasteiger partial charge >= 0.3 is 5.97 Å². The highest BCUT2D eigenvalue weighted by Gasteiger charge is 2.51. The SMILES string of the molecule is CC[C@H](C)[C@@H](C[C@H](O)CC(=O)O)O[C@@H]1O[C@@H](CO)[C@H](O)[C@H]1O[C@@H]1O[C@@H](C)[C@H](O)[C@@H](O)[C@H]1O. The molecular formula is C20H36O12. The molecule has 12 atom stereocenters. The van der Waals surface area contributed by atoms with Crippen molar-refractivity contribution in [2.45, 2.75) is 108 Å². The zero-order valence-electron chi connectivity index (χ0n) is 18.4. The van der Waals surface area contributed by atoms with Gasteiger partial charge in [-0.2, -0.15) is 0 Å². The maximum absolute atomic E-state index is 10.9. The number of carbonyl (C=O) groups is 1. The summed E-state index contributed by atoms with van der Waals surface area (Å²) in [5, 5.41) is 69.2. The molecule has 12 nitrogen and oxygen atoms in total. The van der Waals surface area contributed by atoms with E-state index in [1.165, 1.54) is 6.92 Å². The van der Waals surface area contributed by atoms with Crippen molar-refractivity contribution in [2.75, 3.05) is 6.61 Å². The van der Waals surface area contributed by atoms with Crippen LogP contribution in [-0.4, -0.2) is 116 Å². The molecular weight excluding hydrogens is 432 g/mol. The summed E-state index contributed by atoms with van der Waals surface area (Å²) in [4.78, 5) is 10.9. The van der Waals surface area contributed by atoms with Crippen molar-refractivity contribution < 1.29 is 59.5 Å². The Morgan fingerprint density at radius 1 is 1.03 bits per heavy atom. The second-order valence-electron chi connectivity index (χ2n) is 8.55. The smallest absolute Gasteiger partial charge is 0.305 e. The van der Waals surface area contributed by atoms with E-state index in [2.05, 4.69) is 0 Å². The number of hydrogen-bond acceptors (Lipinski definition) is 11. The molecule has 2 aliphatic heterocycles. The minimum absolute atomic E-state index is 0.0156. The Morgan fingerprint density at radius 3 is 2.25 bits per heavy atom. The molecule has 2 rings (SSSR count). The third kappa shape index (κ3) is 6.56. The first-order valence-electron chi connectivity index (χ1n) is 10.8. The highest BCUT2D eigenvalue weighted by molar-refractivity contribution is 5.67. The van der Waals surface area contributed by atoms with Gasteiger partial charge in [0, 0.05) is 6.42 Å². The van der Waals surface area contributed by atoms with Crippen LogP contribution in [0.2, 0.25) is 0 Å². The number of carboxylic acid groups (broad SMARTS) is 1. The Bertz CT molecular complexity index is 591. The summed E-state index contributed by atoms with van der Waals surface area (Å²) in [6.45, 7) is 4.66. The normalized spacial score (nSPS) is 40.7. The van der Waals surface area contributed by atoms with Gasteiger partial charge in [-0.25, -0.2) is 0 Å². The van der Waals surface area contributed by atoms with Crippen molar-refractivity contribution >= 4 is 5.97 Å². The molecule has 0 aromatic rings. The first-order valence-corrected chi connectivity index (χ1v) is 10.8. The predicted octanol–water partition coefficient (Wildman–Crippen LogP) is -2.07. The van der Waals surface area contributed by atoms with E-state index in [0.717, 1.165) is 0 Å². The second-order valence-corrected chi connectivity index (χ2v) is 8.55. The van der Waals surface area contributed by atoms with Crippen LogP contribution in [0.3, 0.4) is 0 Å². The van der Waals surface area contributed by atoms with Gasteiger partial charge in [-0.05, 0) is 12.8 Å². The number of rotatable bonds is 11. The minimum Gasteiger partial charge on any atom is -0.481 e. The van der Waals surface area contributed by atoms with E-state index in [9.17, 15) is 35.4 Å².